The van der Waals surface area contributed by atoms with Gasteiger partial charge in [0.25, 0.3) is 0 Å². The molecule has 1 amide bonds. The molecule has 0 unspecified atom stereocenters. The van der Waals surface area contributed by atoms with Crippen LogP contribution in [0.15, 0.2) is 0 Å². The number of rotatable bonds is 7. The van der Waals surface area contributed by atoms with Gasteiger partial charge < -0.3 is 15.4 Å². The molecule has 0 bridgehead atoms. The van der Waals surface area contributed by atoms with Gasteiger partial charge in [0.15, 0.2) is 0 Å². The highest BCUT2D eigenvalue weighted by atomic mass is 32.2. The Bertz CT molecular complexity index is 193. The molecular weight excluding hydrogens is 224 g/mol. The van der Waals surface area contributed by atoms with Crippen LogP contribution in [0.1, 0.15) is 27.2 Å². The van der Waals surface area contributed by atoms with Crippen molar-refractivity contribution >= 4 is 17.9 Å². The maximum Gasteiger partial charge on any atom is 0.407 e. The number of thioether (sulfide) groups is 1. The van der Waals surface area contributed by atoms with Gasteiger partial charge in [0, 0.05) is 18.8 Å². The molecule has 0 rings (SSSR count). The Morgan fingerprint density at radius 3 is 2.50 bits per heavy atom. The fraction of sp³-hybridized carbons (Fsp3) is 0.909. The summed E-state index contributed by atoms with van der Waals surface area (Å²) in [6, 6.07) is 0. The van der Waals surface area contributed by atoms with E-state index in [-0.39, 0.29) is 6.09 Å². The molecule has 0 fully saturated rings. The topological polar surface area (TPSA) is 50.4 Å². The van der Waals surface area contributed by atoms with Crippen molar-refractivity contribution in [3.8, 4) is 0 Å². The van der Waals surface area contributed by atoms with Gasteiger partial charge in [0.05, 0.1) is 0 Å². The van der Waals surface area contributed by atoms with Gasteiger partial charge in [0.2, 0.25) is 0 Å². The van der Waals surface area contributed by atoms with Gasteiger partial charge in [-0.05, 0) is 40.0 Å². The molecule has 0 saturated carbocycles. The first kappa shape index (κ1) is 15.6. The van der Waals surface area contributed by atoms with E-state index in [2.05, 4.69) is 16.9 Å². The third kappa shape index (κ3) is 11.7. The lowest BCUT2D eigenvalue weighted by Gasteiger charge is -2.19. The van der Waals surface area contributed by atoms with Crippen LogP contribution in [-0.4, -0.2) is 43.3 Å². The van der Waals surface area contributed by atoms with Crippen LogP contribution in [0.5, 0.6) is 0 Å². The molecule has 0 aliphatic carbocycles. The van der Waals surface area contributed by atoms with Gasteiger partial charge in [-0.3, -0.25) is 0 Å². The van der Waals surface area contributed by atoms with Crippen molar-refractivity contribution in [2.24, 2.45) is 0 Å². The van der Waals surface area contributed by atoms with Gasteiger partial charge >= 0.3 is 6.09 Å². The summed E-state index contributed by atoms with van der Waals surface area (Å²) in [5.74, 6) is 1.12. The van der Waals surface area contributed by atoms with Gasteiger partial charge in [-0.2, -0.15) is 11.8 Å². The molecule has 2 N–H and O–H groups in total. The highest BCUT2D eigenvalue weighted by molar-refractivity contribution is 7.98. The highest BCUT2D eigenvalue weighted by Crippen LogP contribution is 2.06. The second-order valence-electron chi connectivity index (χ2n) is 4.53. The van der Waals surface area contributed by atoms with E-state index in [0.717, 1.165) is 25.3 Å². The standard InChI is InChI=1S/C11H24N2O2S/c1-11(2,3)15-10(14)13-7-5-6-12-8-9-16-4/h12H,5-9H2,1-4H3,(H,13,14). The molecule has 96 valence electrons. The van der Waals surface area contributed by atoms with Crippen LogP contribution in [0.4, 0.5) is 4.79 Å². The summed E-state index contributed by atoms with van der Waals surface area (Å²) in [5.41, 5.74) is -0.416. The lowest BCUT2D eigenvalue weighted by molar-refractivity contribution is 0.0527. The maximum absolute atomic E-state index is 11.2. The minimum atomic E-state index is -0.416. The Balaban J connectivity index is 3.28. The number of alkyl carbamates (subject to hydrolysis) is 1. The zero-order valence-corrected chi connectivity index (χ0v) is 11.6. The van der Waals surface area contributed by atoms with Crippen molar-refractivity contribution in [3.05, 3.63) is 0 Å². The largest absolute Gasteiger partial charge is 0.444 e. The number of carbonyl (C=O) groups excluding carboxylic acids is 1. The minimum Gasteiger partial charge on any atom is -0.444 e. The van der Waals surface area contributed by atoms with E-state index >= 15 is 0 Å². The van der Waals surface area contributed by atoms with E-state index in [0.29, 0.717) is 6.54 Å². The summed E-state index contributed by atoms with van der Waals surface area (Å²) < 4.78 is 5.11. The molecule has 0 aliphatic heterocycles. The fourth-order valence-electron chi connectivity index (χ4n) is 1.02. The van der Waals surface area contributed by atoms with E-state index in [1.54, 1.807) is 0 Å². The van der Waals surface area contributed by atoms with Crippen molar-refractivity contribution in [1.29, 1.82) is 0 Å². The summed E-state index contributed by atoms with van der Waals surface area (Å²) in [4.78, 5) is 11.2. The third-order valence-corrected chi connectivity index (χ3v) is 2.29. The van der Waals surface area contributed by atoms with Gasteiger partial charge in [-0.25, -0.2) is 4.79 Å². The summed E-state index contributed by atoms with van der Waals surface area (Å²) in [6.07, 6.45) is 2.68. The number of carbonyl (C=O) groups is 1. The van der Waals surface area contributed by atoms with Crippen LogP contribution in [0.3, 0.4) is 0 Å². The molecule has 4 nitrogen and oxygen atoms in total. The SMILES string of the molecule is CSCCNCCCNC(=O)OC(C)(C)C. The molecule has 0 atom stereocenters. The van der Waals surface area contributed by atoms with Crippen LogP contribution in [0.25, 0.3) is 0 Å². The smallest absolute Gasteiger partial charge is 0.407 e. The molecule has 0 aromatic carbocycles. The number of hydrogen-bond acceptors (Lipinski definition) is 4. The van der Waals surface area contributed by atoms with Gasteiger partial charge in [0.1, 0.15) is 5.60 Å². The first-order chi connectivity index (χ1) is 7.45. The summed E-state index contributed by atoms with van der Waals surface area (Å²) in [6.45, 7) is 8.18. The number of hydrogen-bond donors (Lipinski definition) is 2. The van der Waals surface area contributed by atoms with Crippen LogP contribution in [0.2, 0.25) is 0 Å². The second kappa shape index (κ2) is 8.70. The molecule has 0 radical (unpaired) electrons. The van der Waals surface area contributed by atoms with Gasteiger partial charge in [-0.15, -0.1) is 0 Å². The van der Waals surface area contributed by atoms with E-state index in [1.807, 2.05) is 32.5 Å². The van der Waals surface area contributed by atoms with Crippen molar-refractivity contribution in [3.63, 3.8) is 0 Å². The molecule has 5 heteroatoms. The van der Waals surface area contributed by atoms with Crippen LogP contribution in [0, 0.1) is 0 Å². The van der Waals surface area contributed by atoms with E-state index in [1.165, 1.54) is 0 Å². The Hall–Kier alpha value is -0.420. The molecule has 0 heterocycles. The quantitative estimate of drug-likeness (QED) is 0.675. The minimum absolute atomic E-state index is 0.336. The number of amides is 1. The fourth-order valence-corrected chi connectivity index (χ4v) is 1.37. The monoisotopic (exact) mass is 248 g/mol. The third-order valence-electron chi connectivity index (χ3n) is 1.68. The van der Waals surface area contributed by atoms with Crippen molar-refractivity contribution in [2.45, 2.75) is 32.8 Å². The van der Waals surface area contributed by atoms with Crippen molar-refractivity contribution < 1.29 is 9.53 Å². The summed E-state index contributed by atoms with van der Waals surface area (Å²) in [7, 11) is 0. The Kier molecular flexibility index (Phi) is 8.47. The zero-order valence-electron chi connectivity index (χ0n) is 10.8. The molecule has 0 aromatic rings. The molecule has 16 heavy (non-hydrogen) atoms. The van der Waals surface area contributed by atoms with Crippen LogP contribution < -0.4 is 10.6 Å². The second-order valence-corrected chi connectivity index (χ2v) is 5.51. The van der Waals surface area contributed by atoms with Crippen LogP contribution in [-0.2, 0) is 4.74 Å². The number of nitrogens with one attached hydrogen (secondary N) is 2. The molecule has 0 saturated heterocycles. The van der Waals surface area contributed by atoms with Gasteiger partial charge in [-0.1, -0.05) is 0 Å². The average molecular weight is 248 g/mol. The lowest BCUT2D eigenvalue weighted by atomic mass is 10.2. The number of ether oxygens (including phenoxy) is 1. The van der Waals surface area contributed by atoms with E-state index in [9.17, 15) is 4.79 Å². The lowest BCUT2D eigenvalue weighted by Crippen LogP contribution is -2.34. The molecule has 0 aliphatic rings. The first-order valence-corrected chi connectivity index (χ1v) is 7.01. The maximum atomic E-state index is 11.2. The normalized spacial score (nSPS) is 11.2. The average Bonchev–Trinajstić information content (AvgIpc) is 2.13. The Morgan fingerprint density at radius 2 is 1.94 bits per heavy atom. The van der Waals surface area contributed by atoms with Crippen molar-refractivity contribution in [2.75, 3.05) is 31.6 Å². The Morgan fingerprint density at radius 1 is 1.25 bits per heavy atom. The highest BCUT2D eigenvalue weighted by Gasteiger charge is 2.15. The predicted octanol–water partition coefficient (Wildman–Crippen LogP) is 1.85. The zero-order chi connectivity index (χ0) is 12.4. The van der Waals surface area contributed by atoms with Crippen LogP contribution >= 0.6 is 11.8 Å². The first-order valence-electron chi connectivity index (χ1n) is 5.62. The van der Waals surface area contributed by atoms with E-state index in [4.69, 9.17) is 4.74 Å². The Labute approximate surface area is 103 Å². The van der Waals surface area contributed by atoms with Crippen molar-refractivity contribution in [1.82, 2.24) is 10.6 Å². The molecule has 0 aromatic heterocycles. The predicted molar refractivity (Wildman–Crippen MR) is 70.1 cm³/mol. The molecular formula is C11H24N2O2S. The summed E-state index contributed by atoms with van der Waals surface area (Å²) in [5, 5.41) is 6.02. The molecule has 0 spiro atoms. The van der Waals surface area contributed by atoms with E-state index < -0.39 is 5.60 Å². The summed E-state index contributed by atoms with van der Waals surface area (Å²) >= 11 is 1.82.